The maximum atomic E-state index is 12.3. The molecule has 0 radical (unpaired) electrons. The highest BCUT2D eigenvalue weighted by atomic mass is 16.2. The molecule has 3 amide bonds. The van der Waals surface area contributed by atoms with E-state index in [1.165, 1.54) is 12.8 Å². The van der Waals surface area contributed by atoms with Gasteiger partial charge in [-0.25, -0.2) is 4.79 Å². The molecule has 0 atom stereocenters. The standard InChI is InChI=1S/C18H28N4O2/c1-19-12-6-7-17(23)20-15-8-10-16(11-9-15)21-18(24)22-13-4-2-3-5-14-22/h8-11,19H,2-7,12-14H2,1H3,(H,20,23)(H,21,24). The largest absolute Gasteiger partial charge is 0.326 e. The molecule has 3 N–H and O–H groups in total. The van der Waals surface area contributed by atoms with E-state index in [1.54, 1.807) is 0 Å². The van der Waals surface area contributed by atoms with Crippen LogP contribution in [0.2, 0.25) is 0 Å². The van der Waals surface area contributed by atoms with E-state index in [-0.39, 0.29) is 11.9 Å². The number of nitrogens with one attached hydrogen (secondary N) is 3. The fraction of sp³-hybridized carbons (Fsp3) is 0.556. The lowest BCUT2D eigenvalue weighted by Crippen LogP contribution is -2.35. The quantitative estimate of drug-likeness (QED) is 0.701. The van der Waals surface area contributed by atoms with Gasteiger partial charge in [0.05, 0.1) is 0 Å². The Bertz CT molecular complexity index is 522. The first-order valence-corrected chi connectivity index (χ1v) is 8.79. The van der Waals surface area contributed by atoms with Crippen molar-refractivity contribution in [2.45, 2.75) is 38.5 Å². The van der Waals surface area contributed by atoms with Crippen LogP contribution in [0.5, 0.6) is 0 Å². The highest BCUT2D eigenvalue weighted by Gasteiger charge is 2.15. The van der Waals surface area contributed by atoms with Crippen LogP contribution < -0.4 is 16.0 Å². The molecule has 1 saturated heterocycles. The summed E-state index contributed by atoms with van der Waals surface area (Å²) in [6, 6.07) is 7.22. The first-order chi connectivity index (χ1) is 11.7. The first kappa shape index (κ1) is 18.3. The van der Waals surface area contributed by atoms with Gasteiger partial charge in [-0.1, -0.05) is 12.8 Å². The third-order valence-electron chi connectivity index (χ3n) is 4.14. The van der Waals surface area contributed by atoms with Gasteiger partial charge in [-0.2, -0.15) is 0 Å². The van der Waals surface area contributed by atoms with Crippen molar-refractivity contribution < 1.29 is 9.59 Å². The van der Waals surface area contributed by atoms with Crippen LogP contribution in [-0.4, -0.2) is 43.5 Å². The molecule has 0 spiro atoms. The Labute approximate surface area is 144 Å². The summed E-state index contributed by atoms with van der Waals surface area (Å²) in [6.07, 6.45) is 5.86. The molecular formula is C18H28N4O2. The van der Waals surface area contributed by atoms with E-state index in [0.29, 0.717) is 6.42 Å². The third-order valence-corrected chi connectivity index (χ3v) is 4.14. The van der Waals surface area contributed by atoms with Gasteiger partial charge >= 0.3 is 6.03 Å². The van der Waals surface area contributed by atoms with E-state index in [2.05, 4.69) is 16.0 Å². The fourth-order valence-electron chi connectivity index (χ4n) is 2.76. The van der Waals surface area contributed by atoms with Gasteiger partial charge in [-0.15, -0.1) is 0 Å². The summed E-state index contributed by atoms with van der Waals surface area (Å²) >= 11 is 0. The van der Waals surface area contributed by atoms with Gasteiger partial charge in [-0.3, -0.25) is 4.79 Å². The predicted molar refractivity (Wildman–Crippen MR) is 97.3 cm³/mol. The number of rotatable bonds is 6. The molecule has 0 saturated carbocycles. The number of nitrogens with zero attached hydrogens (tertiary/aromatic N) is 1. The van der Waals surface area contributed by atoms with E-state index < -0.39 is 0 Å². The van der Waals surface area contributed by atoms with E-state index in [4.69, 9.17) is 0 Å². The number of benzene rings is 1. The van der Waals surface area contributed by atoms with Crippen molar-refractivity contribution in [1.82, 2.24) is 10.2 Å². The highest BCUT2D eigenvalue weighted by molar-refractivity contribution is 5.92. The lowest BCUT2D eigenvalue weighted by atomic mass is 10.2. The highest BCUT2D eigenvalue weighted by Crippen LogP contribution is 2.16. The van der Waals surface area contributed by atoms with Crippen LogP contribution in [0.15, 0.2) is 24.3 Å². The first-order valence-electron chi connectivity index (χ1n) is 8.79. The van der Waals surface area contributed by atoms with Gasteiger partial charge in [0.1, 0.15) is 0 Å². The third kappa shape index (κ3) is 6.20. The number of urea groups is 1. The van der Waals surface area contributed by atoms with Crippen LogP contribution in [0.1, 0.15) is 38.5 Å². The number of anilines is 2. The number of carbonyl (C=O) groups excluding carboxylic acids is 2. The Morgan fingerprint density at radius 1 is 0.958 bits per heavy atom. The van der Waals surface area contributed by atoms with E-state index in [1.807, 2.05) is 36.2 Å². The van der Waals surface area contributed by atoms with Crippen molar-refractivity contribution in [3.05, 3.63) is 24.3 Å². The van der Waals surface area contributed by atoms with Crippen LogP contribution in [-0.2, 0) is 4.79 Å². The molecule has 132 valence electrons. The molecule has 1 aliphatic rings. The number of hydrogen-bond acceptors (Lipinski definition) is 3. The summed E-state index contributed by atoms with van der Waals surface area (Å²) < 4.78 is 0. The van der Waals surface area contributed by atoms with Gasteiger partial charge in [-0.05, 0) is 57.1 Å². The van der Waals surface area contributed by atoms with Crippen molar-refractivity contribution in [3.63, 3.8) is 0 Å². The van der Waals surface area contributed by atoms with Crippen molar-refractivity contribution >= 4 is 23.3 Å². The molecule has 1 heterocycles. The van der Waals surface area contributed by atoms with E-state index in [0.717, 1.165) is 50.3 Å². The minimum Gasteiger partial charge on any atom is -0.326 e. The molecule has 1 aliphatic heterocycles. The van der Waals surface area contributed by atoms with E-state index >= 15 is 0 Å². The second-order valence-electron chi connectivity index (χ2n) is 6.16. The topological polar surface area (TPSA) is 73.5 Å². The Morgan fingerprint density at radius 3 is 2.12 bits per heavy atom. The zero-order valence-corrected chi connectivity index (χ0v) is 14.4. The number of likely N-dealkylation sites (tertiary alicyclic amines) is 1. The van der Waals surface area contributed by atoms with Crippen LogP contribution in [0, 0.1) is 0 Å². The summed E-state index contributed by atoms with van der Waals surface area (Å²) in [5.41, 5.74) is 1.50. The summed E-state index contributed by atoms with van der Waals surface area (Å²) in [5, 5.41) is 8.81. The molecular weight excluding hydrogens is 304 g/mol. The Balaban J connectivity index is 1.80. The van der Waals surface area contributed by atoms with Gasteiger partial charge in [0.15, 0.2) is 0 Å². The zero-order valence-electron chi connectivity index (χ0n) is 14.4. The summed E-state index contributed by atoms with van der Waals surface area (Å²) in [4.78, 5) is 25.9. The Kier molecular flexibility index (Phi) is 7.55. The van der Waals surface area contributed by atoms with Crippen molar-refractivity contribution in [3.8, 4) is 0 Å². The van der Waals surface area contributed by atoms with Crippen LogP contribution in [0.4, 0.5) is 16.2 Å². The predicted octanol–water partition coefficient (Wildman–Crippen LogP) is 3.03. The molecule has 1 aromatic rings. The molecule has 1 fully saturated rings. The van der Waals surface area contributed by atoms with E-state index in [9.17, 15) is 9.59 Å². The molecule has 0 aromatic heterocycles. The maximum Gasteiger partial charge on any atom is 0.321 e. The molecule has 1 aromatic carbocycles. The van der Waals surface area contributed by atoms with Crippen LogP contribution >= 0.6 is 0 Å². The average molecular weight is 332 g/mol. The maximum absolute atomic E-state index is 12.3. The van der Waals surface area contributed by atoms with Gasteiger partial charge in [0.25, 0.3) is 0 Å². The van der Waals surface area contributed by atoms with Crippen molar-refractivity contribution in [2.75, 3.05) is 37.3 Å². The van der Waals surface area contributed by atoms with Crippen LogP contribution in [0.25, 0.3) is 0 Å². The Hall–Kier alpha value is -2.08. The fourth-order valence-corrected chi connectivity index (χ4v) is 2.76. The van der Waals surface area contributed by atoms with Gasteiger partial charge in [0.2, 0.25) is 5.91 Å². The lowest BCUT2D eigenvalue weighted by molar-refractivity contribution is -0.116. The molecule has 0 aliphatic carbocycles. The summed E-state index contributed by atoms with van der Waals surface area (Å²) in [6.45, 7) is 2.48. The molecule has 6 nitrogen and oxygen atoms in total. The number of hydrogen-bond donors (Lipinski definition) is 3. The van der Waals surface area contributed by atoms with Crippen LogP contribution in [0.3, 0.4) is 0 Å². The van der Waals surface area contributed by atoms with Crippen molar-refractivity contribution in [2.24, 2.45) is 0 Å². The number of carbonyl (C=O) groups is 2. The van der Waals surface area contributed by atoms with Gasteiger partial charge in [0, 0.05) is 30.9 Å². The monoisotopic (exact) mass is 332 g/mol. The average Bonchev–Trinajstić information content (AvgIpc) is 2.86. The molecule has 24 heavy (non-hydrogen) atoms. The van der Waals surface area contributed by atoms with Crippen molar-refractivity contribution in [1.29, 1.82) is 0 Å². The summed E-state index contributed by atoms with van der Waals surface area (Å²) in [7, 11) is 1.87. The normalized spacial score (nSPS) is 14.8. The minimum absolute atomic E-state index is 0.00611. The minimum atomic E-state index is -0.0410. The SMILES string of the molecule is CNCCCC(=O)Nc1ccc(NC(=O)N2CCCCCC2)cc1. The summed E-state index contributed by atoms with van der Waals surface area (Å²) in [5.74, 6) is 0.00611. The van der Waals surface area contributed by atoms with Gasteiger partial charge < -0.3 is 20.9 Å². The number of amides is 3. The zero-order chi connectivity index (χ0) is 17.2. The smallest absolute Gasteiger partial charge is 0.321 e. The second kappa shape index (κ2) is 9.93. The lowest BCUT2D eigenvalue weighted by Gasteiger charge is -2.20. The second-order valence-corrected chi connectivity index (χ2v) is 6.16. The molecule has 0 unspecified atom stereocenters. The molecule has 6 heteroatoms. The molecule has 0 bridgehead atoms. The Morgan fingerprint density at radius 2 is 1.54 bits per heavy atom. The molecule has 2 rings (SSSR count).